The van der Waals surface area contributed by atoms with Gasteiger partial charge in [-0.1, -0.05) is 228 Å². The molecule has 0 N–H and O–H groups in total. The van der Waals surface area contributed by atoms with Gasteiger partial charge < -0.3 is 14.2 Å². The lowest BCUT2D eigenvalue weighted by Gasteiger charge is -2.18. The zero-order valence-corrected chi connectivity index (χ0v) is 42.5. The third-order valence-electron chi connectivity index (χ3n) is 11.4. The van der Waals surface area contributed by atoms with Gasteiger partial charge in [0.15, 0.2) is 6.10 Å². The first-order valence-electron chi connectivity index (χ1n) is 27.1. The monoisotopic (exact) mass is 905 g/mol. The van der Waals surface area contributed by atoms with E-state index in [-0.39, 0.29) is 31.1 Å². The van der Waals surface area contributed by atoms with Gasteiger partial charge in [-0.2, -0.15) is 0 Å². The third-order valence-corrected chi connectivity index (χ3v) is 11.4. The highest BCUT2D eigenvalue weighted by molar-refractivity contribution is 5.71. The zero-order valence-electron chi connectivity index (χ0n) is 42.5. The van der Waals surface area contributed by atoms with Crippen molar-refractivity contribution in [2.24, 2.45) is 0 Å². The molecule has 0 aromatic heterocycles. The molecule has 0 aliphatic rings. The second-order valence-electron chi connectivity index (χ2n) is 17.7. The van der Waals surface area contributed by atoms with Crippen LogP contribution in [0.15, 0.2) is 85.1 Å². The number of rotatable bonds is 48. The smallest absolute Gasteiger partial charge is 0.306 e. The summed E-state index contributed by atoms with van der Waals surface area (Å²) in [7, 11) is 0. The summed E-state index contributed by atoms with van der Waals surface area (Å²) in [4.78, 5) is 37.9. The van der Waals surface area contributed by atoms with E-state index in [1.54, 1.807) is 0 Å². The predicted molar refractivity (Wildman–Crippen MR) is 279 cm³/mol. The Hall–Kier alpha value is -3.41. The van der Waals surface area contributed by atoms with Gasteiger partial charge in [0.25, 0.3) is 0 Å². The standard InChI is InChI=1S/C59H100O6/c1-4-7-10-13-16-18-20-22-24-26-27-28-29-30-31-33-34-36-38-40-43-46-49-52-58(61)64-55-56(54-63-57(60)51-48-45-42-15-12-9-6-3)65-59(62)53-50-47-44-41-39-37-35-32-25-23-21-19-17-14-11-8-5-2/h7-8,10-11,16-19,22-25,27-28,56H,4-6,9,12-15,20-21,26,29-55H2,1-3H3/b10-7-,11-8-,18-16-,19-17-,24-22-,25-23-,28-27-. The van der Waals surface area contributed by atoms with Crippen LogP contribution in [0.1, 0.15) is 252 Å². The number of ether oxygens (including phenoxy) is 3. The number of carbonyl (C=O) groups is 3. The normalized spacial score (nSPS) is 12.7. The third kappa shape index (κ3) is 51.4. The van der Waals surface area contributed by atoms with Crippen LogP contribution in [-0.2, 0) is 28.6 Å². The summed E-state index contributed by atoms with van der Waals surface area (Å²) in [5, 5.41) is 0. The van der Waals surface area contributed by atoms with E-state index in [1.165, 1.54) is 103 Å². The Kier molecular flexibility index (Phi) is 50.4. The number of unbranched alkanes of at least 4 members (excludes halogenated alkanes) is 23. The highest BCUT2D eigenvalue weighted by atomic mass is 16.6. The fourth-order valence-electron chi connectivity index (χ4n) is 7.39. The van der Waals surface area contributed by atoms with Crippen LogP contribution in [0.3, 0.4) is 0 Å². The SMILES string of the molecule is CC/C=C\C/C=C\C/C=C\C/C=C\CCCCCCCCCCCCC(=O)OCC(COC(=O)CCCCCCCCC)OC(=O)CCCCCCCCC/C=C\C/C=C\C/C=C\CC. The van der Waals surface area contributed by atoms with Crippen LogP contribution < -0.4 is 0 Å². The number of hydrogen-bond donors (Lipinski definition) is 0. The number of esters is 3. The number of carbonyl (C=O) groups excluding carboxylic acids is 3. The van der Waals surface area contributed by atoms with Crippen molar-refractivity contribution < 1.29 is 28.6 Å². The van der Waals surface area contributed by atoms with Crippen molar-refractivity contribution in [3.8, 4) is 0 Å². The van der Waals surface area contributed by atoms with Crippen molar-refractivity contribution >= 4 is 17.9 Å². The molecular weight excluding hydrogens is 805 g/mol. The summed E-state index contributed by atoms with van der Waals surface area (Å²) < 4.78 is 16.8. The van der Waals surface area contributed by atoms with Crippen molar-refractivity contribution in [3.05, 3.63) is 85.1 Å². The molecule has 6 heteroatoms. The van der Waals surface area contributed by atoms with Gasteiger partial charge in [-0.05, 0) is 89.9 Å². The fourth-order valence-corrected chi connectivity index (χ4v) is 7.39. The second-order valence-corrected chi connectivity index (χ2v) is 17.7. The Morgan fingerprint density at radius 2 is 0.600 bits per heavy atom. The molecule has 0 bridgehead atoms. The lowest BCUT2D eigenvalue weighted by molar-refractivity contribution is -0.167. The van der Waals surface area contributed by atoms with E-state index in [1.807, 2.05) is 0 Å². The van der Waals surface area contributed by atoms with Crippen LogP contribution in [-0.4, -0.2) is 37.2 Å². The van der Waals surface area contributed by atoms with E-state index in [2.05, 4.69) is 106 Å². The van der Waals surface area contributed by atoms with E-state index in [0.29, 0.717) is 19.3 Å². The minimum atomic E-state index is -0.780. The summed E-state index contributed by atoms with van der Waals surface area (Å²) in [6.07, 6.45) is 68.7. The lowest BCUT2D eigenvalue weighted by Crippen LogP contribution is -2.30. The molecule has 0 fully saturated rings. The molecule has 0 saturated carbocycles. The Morgan fingerprint density at radius 3 is 0.938 bits per heavy atom. The molecule has 1 unspecified atom stereocenters. The predicted octanol–water partition coefficient (Wildman–Crippen LogP) is 18.0. The van der Waals surface area contributed by atoms with Crippen molar-refractivity contribution in [1.29, 1.82) is 0 Å². The summed E-state index contributed by atoms with van der Waals surface area (Å²) in [5.74, 6) is -0.900. The number of hydrogen-bond acceptors (Lipinski definition) is 6. The molecule has 0 aliphatic carbocycles. The van der Waals surface area contributed by atoms with E-state index < -0.39 is 6.10 Å². The topological polar surface area (TPSA) is 78.9 Å². The molecule has 6 nitrogen and oxygen atoms in total. The average molecular weight is 905 g/mol. The first kappa shape index (κ1) is 61.6. The quantitative estimate of drug-likeness (QED) is 0.0262. The van der Waals surface area contributed by atoms with Crippen LogP contribution >= 0.6 is 0 Å². The van der Waals surface area contributed by atoms with Crippen molar-refractivity contribution in [1.82, 2.24) is 0 Å². The molecule has 0 heterocycles. The molecule has 0 aromatic carbocycles. The highest BCUT2D eigenvalue weighted by Crippen LogP contribution is 2.15. The molecule has 372 valence electrons. The maximum absolute atomic E-state index is 12.8. The molecule has 0 rings (SSSR count). The van der Waals surface area contributed by atoms with E-state index in [9.17, 15) is 14.4 Å². The zero-order chi connectivity index (χ0) is 47.2. The summed E-state index contributed by atoms with van der Waals surface area (Å²) in [6.45, 7) is 6.37. The first-order valence-corrected chi connectivity index (χ1v) is 27.1. The van der Waals surface area contributed by atoms with E-state index in [0.717, 1.165) is 109 Å². The molecule has 1 atom stereocenters. The van der Waals surface area contributed by atoms with Crippen LogP contribution in [0.5, 0.6) is 0 Å². The maximum Gasteiger partial charge on any atom is 0.306 e. The Balaban J connectivity index is 4.22. The van der Waals surface area contributed by atoms with Gasteiger partial charge in [0.2, 0.25) is 0 Å². The van der Waals surface area contributed by atoms with Gasteiger partial charge in [0, 0.05) is 19.3 Å². The van der Waals surface area contributed by atoms with Crippen LogP contribution in [0.25, 0.3) is 0 Å². The van der Waals surface area contributed by atoms with Gasteiger partial charge in [-0.15, -0.1) is 0 Å². The van der Waals surface area contributed by atoms with Crippen LogP contribution in [0.2, 0.25) is 0 Å². The number of allylic oxidation sites excluding steroid dienone is 14. The summed E-state index contributed by atoms with van der Waals surface area (Å²) >= 11 is 0. The van der Waals surface area contributed by atoms with Gasteiger partial charge in [0.1, 0.15) is 13.2 Å². The molecular formula is C59H100O6. The van der Waals surface area contributed by atoms with Gasteiger partial charge in [0.05, 0.1) is 0 Å². The van der Waals surface area contributed by atoms with Crippen LogP contribution in [0.4, 0.5) is 0 Å². The average Bonchev–Trinajstić information content (AvgIpc) is 3.30. The molecule has 0 spiro atoms. The molecule has 0 aromatic rings. The Labute approximate surface area is 401 Å². The van der Waals surface area contributed by atoms with Gasteiger partial charge >= 0.3 is 17.9 Å². The van der Waals surface area contributed by atoms with Crippen molar-refractivity contribution in [3.63, 3.8) is 0 Å². The Bertz CT molecular complexity index is 1270. The largest absolute Gasteiger partial charge is 0.462 e. The molecule has 65 heavy (non-hydrogen) atoms. The second kappa shape index (κ2) is 53.2. The minimum Gasteiger partial charge on any atom is -0.462 e. The first-order chi connectivity index (χ1) is 32.0. The van der Waals surface area contributed by atoms with E-state index >= 15 is 0 Å². The van der Waals surface area contributed by atoms with Gasteiger partial charge in [-0.3, -0.25) is 14.4 Å². The van der Waals surface area contributed by atoms with Crippen molar-refractivity contribution in [2.45, 2.75) is 258 Å². The summed E-state index contributed by atoms with van der Waals surface area (Å²) in [6, 6.07) is 0. The summed E-state index contributed by atoms with van der Waals surface area (Å²) in [5.41, 5.74) is 0. The molecule has 0 amide bonds. The lowest BCUT2D eigenvalue weighted by atomic mass is 10.1. The molecule has 0 radical (unpaired) electrons. The Morgan fingerprint density at radius 1 is 0.323 bits per heavy atom. The van der Waals surface area contributed by atoms with Crippen molar-refractivity contribution in [2.75, 3.05) is 13.2 Å². The van der Waals surface area contributed by atoms with E-state index in [4.69, 9.17) is 14.2 Å². The molecule has 0 saturated heterocycles. The van der Waals surface area contributed by atoms with Crippen LogP contribution in [0, 0.1) is 0 Å². The molecule has 0 aliphatic heterocycles. The fraction of sp³-hybridized carbons (Fsp3) is 0.712. The minimum absolute atomic E-state index is 0.0812. The maximum atomic E-state index is 12.8. The van der Waals surface area contributed by atoms with Gasteiger partial charge in [-0.25, -0.2) is 0 Å². The highest BCUT2D eigenvalue weighted by Gasteiger charge is 2.19.